The molecule has 2 nitrogen and oxygen atoms in total. The summed E-state index contributed by atoms with van der Waals surface area (Å²) in [5.41, 5.74) is 9.15. The molecule has 0 amide bonds. The highest BCUT2D eigenvalue weighted by molar-refractivity contribution is 7.80. The van der Waals surface area contributed by atoms with E-state index in [4.69, 9.17) is 18.0 Å². The number of nitrogens with two attached hydrogens (primary N) is 1. The first kappa shape index (κ1) is 15.5. The highest BCUT2D eigenvalue weighted by Crippen LogP contribution is 2.15. The quantitative estimate of drug-likeness (QED) is 0.623. The van der Waals surface area contributed by atoms with Gasteiger partial charge in [0.1, 0.15) is 4.99 Å². The second kappa shape index (κ2) is 7.79. The number of hydrogen-bond donors (Lipinski definition) is 1. The predicted molar refractivity (Wildman–Crippen MR) is 95.0 cm³/mol. The molecule has 21 heavy (non-hydrogen) atoms. The van der Waals surface area contributed by atoms with Gasteiger partial charge in [-0.15, -0.1) is 0 Å². The average Bonchev–Trinajstić information content (AvgIpc) is 2.52. The topological polar surface area (TPSA) is 29.3 Å². The molecule has 0 saturated heterocycles. The molecule has 0 heterocycles. The lowest BCUT2D eigenvalue weighted by Gasteiger charge is -2.19. The van der Waals surface area contributed by atoms with Gasteiger partial charge in [-0.3, -0.25) is 0 Å². The SMILES string of the molecule is CN(CCCCc1ccccc1)c1ccc(C(N)=S)cc1. The zero-order valence-electron chi connectivity index (χ0n) is 12.5. The van der Waals surface area contributed by atoms with Gasteiger partial charge in [-0.25, -0.2) is 0 Å². The van der Waals surface area contributed by atoms with Crippen molar-refractivity contribution in [3.63, 3.8) is 0 Å². The minimum atomic E-state index is 0.451. The molecule has 0 bridgehead atoms. The Hall–Kier alpha value is -1.87. The van der Waals surface area contributed by atoms with Crippen molar-refractivity contribution in [1.29, 1.82) is 0 Å². The molecule has 0 radical (unpaired) electrons. The summed E-state index contributed by atoms with van der Waals surface area (Å²) in [7, 11) is 2.12. The van der Waals surface area contributed by atoms with E-state index in [1.54, 1.807) is 0 Å². The standard InChI is InChI=1S/C18H22N2S/c1-20(17-12-10-16(11-13-17)18(19)21)14-6-5-9-15-7-3-2-4-8-15/h2-4,7-8,10-13H,5-6,9,14H2,1H3,(H2,19,21). The summed E-state index contributed by atoms with van der Waals surface area (Å²) in [5, 5.41) is 0. The summed E-state index contributed by atoms with van der Waals surface area (Å²) in [6.45, 7) is 1.05. The Labute approximate surface area is 132 Å². The fraction of sp³-hybridized carbons (Fsp3) is 0.278. The molecule has 2 rings (SSSR count). The zero-order valence-corrected chi connectivity index (χ0v) is 13.3. The Kier molecular flexibility index (Phi) is 5.76. The normalized spacial score (nSPS) is 10.3. The van der Waals surface area contributed by atoms with Crippen LogP contribution in [-0.4, -0.2) is 18.6 Å². The van der Waals surface area contributed by atoms with Crippen LogP contribution in [-0.2, 0) is 6.42 Å². The van der Waals surface area contributed by atoms with Gasteiger partial charge in [-0.05, 0) is 49.1 Å². The third-order valence-corrected chi connectivity index (χ3v) is 3.88. The van der Waals surface area contributed by atoms with Gasteiger partial charge >= 0.3 is 0 Å². The summed E-state index contributed by atoms with van der Waals surface area (Å²) in [6, 6.07) is 18.8. The predicted octanol–water partition coefficient (Wildman–Crippen LogP) is 3.78. The van der Waals surface area contributed by atoms with Gasteiger partial charge < -0.3 is 10.6 Å². The molecular weight excluding hydrogens is 276 g/mol. The van der Waals surface area contributed by atoms with E-state index in [1.807, 2.05) is 12.1 Å². The molecule has 2 N–H and O–H groups in total. The van der Waals surface area contributed by atoms with Gasteiger partial charge in [0.05, 0.1) is 0 Å². The molecule has 0 aliphatic rings. The van der Waals surface area contributed by atoms with Crippen LogP contribution >= 0.6 is 12.2 Å². The van der Waals surface area contributed by atoms with E-state index < -0.39 is 0 Å². The van der Waals surface area contributed by atoms with Crippen LogP contribution in [0.5, 0.6) is 0 Å². The third-order valence-electron chi connectivity index (χ3n) is 3.64. The van der Waals surface area contributed by atoms with Crippen molar-refractivity contribution in [2.75, 3.05) is 18.5 Å². The lowest BCUT2D eigenvalue weighted by molar-refractivity contribution is 0.719. The maximum atomic E-state index is 5.61. The monoisotopic (exact) mass is 298 g/mol. The highest BCUT2D eigenvalue weighted by Gasteiger charge is 2.02. The first-order chi connectivity index (χ1) is 10.2. The summed E-state index contributed by atoms with van der Waals surface area (Å²) in [4.78, 5) is 2.72. The number of rotatable bonds is 7. The van der Waals surface area contributed by atoms with Gasteiger partial charge in [0, 0.05) is 24.8 Å². The Balaban J connectivity index is 1.76. The number of benzene rings is 2. The molecule has 2 aromatic rings. The number of thiocarbonyl (C=S) groups is 1. The third kappa shape index (κ3) is 4.87. The van der Waals surface area contributed by atoms with Crippen molar-refractivity contribution < 1.29 is 0 Å². The Morgan fingerprint density at radius 3 is 2.29 bits per heavy atom. The fourth-order valence-corrected chi connectivity index (χ4v) is 2.47. The van der Waals surface area contributed by atoms with Crippen LogP contribution in [0.3, 0.4) is 0 Å². The van der Waals surface area contributed by atoms with Crippen molar-refractivity contribution in [1.82, 2.24) is 0 Å². The zero-order chi connectivity index (χ0) is 15.1. The van der Waals surface area contributed by atoms with E-state index >= 15 is 0 Å². The minimum absolute atomic E-state index is 0.451. The number of unbranched alkanes of at least 4 members (excludes halogenated alkanes) is 1. The van der Waals surface area contributed by atoms with Crippen molar-refractivity contribution in [3.05, 3.63) is 65.7 Å². The lowest BCUT2D eigenvalue weighted by Crippen LogP contribution is -2.19. The first-order valence-electron chi connectivity index (χ1n) is 7.32. The number of anilines is 1. The molecule has 0 spiro atoms. The minimum Gasteiger partial charge on any atom is -0.389 e. The Morgan fingerprint density at radius 1 is 1.00 bits per heavy atom. The lowest BCUT2D eigenvalue weighted by atomic mass is 10.1. The largest absolute Gasteiger partial charge is 0.389 e. The van der Waals surface area contributed by atoms with Crippen LogP contribution in [0.2, 0.25) is 0 Å². The Morgan fingerprint density at radius 2 is 1.67 bits per heavy atom. The highest BCUT2D eigenvalue weighted by atomic mass is 32.1. The van der Waals surface area contributed by atoms with E-state index in [2.05, 4.69) is 54.4 Å². The second-order valence-corrected chi connectivity index (χ2v) is 5.72. The molecule has 3 heteroatoms. The van der Waals surface area contributed by atoms with E-state index in [-0.39, 0.29) is 0 Å². The van der Waals surface area contributed by atoms with Crippen LogP contribution in [0.4, 0.5) is 5.69 Å². The van der Waals surface area contributed by atoms with E-state index in [0.717, 1.165) is 18.5 Å². The van der Waals surface area contributed by atoms with Crippen LogP contribution in [0.15, 0.2) is 54.6 Å². The molecule has 0 saturated carbocycles. The van der Waals surface area contributed by atoms with Gasteiger partial charge in [0.25, 0.3) is 0 Å². The molecule has 0 fully saturated rings. The maximum absolute atomic E-state index is 5.61. The number of aryl methyl sites for hydroxylation is 1. The summed E-state index contributed by atoms with van der Waals surface area (Å²) < 4.78 is 0. The van der Waals surface area contributed by atoms with E-state index in [1.165, 1.54) is 24.1 Å². The molecule has 2 aromatic carbocycles. The first-order valence-corrected chi connectivity index (χ1v) is 7.72. The van der Waals surface area contributed by atoms with Crippen molar-refractivity contribution >= 4 is 22.9 Å². The molecule has 0 aliphatic heterocycles. The van der Waals surface area contributed by atoms with Crippen LogP contribution in [0, 0.1) is 0 Å². The van der Waals surface area contributed by atoms with Gasteiger partial charge in [-0.2, -0.15) is 0 Å². The molecule has 0 atom stereocenters. The summed E-state index contributed by atoms with van der Waals surface area (Å²) in [5.74, 6) is 0. The summed E-state index contributed by atoms with van der Waals surface area (Å²) in [6.07, 6.45) is 3.54. The van der Waals surface area contributed by atoms with E-state index in [0.29, 0.717) is 4.99 Å². The van der Waals surface area contributed by atoms with Gasteiger partial charge in [-0.1, -0.05) is 42.5 Å². The van der Waals surface area contributed by atoms with E-state index in [9.17, 15) is 0 Å². The van der Waals surface area contributed by atoms with Gasteiger partial charge in [0.2, 0.25) is 0 Å². The molecule has 0 aromatic heterocycles. The van der Waals surface area contributed by atoms with Crippen molar-refractivity contribution in [3.8, 4) is 0 Å². The van der Waals surface area contributed by atoms with Crippen LogP contribution in [0.1, 0.15) is 24.0 Å². The second-order valence-electron chi connectivity index (χ2n) is 5.28. The molecular formula is C18H22N2S. The van der Waals surface area contributed by atoms with Crippen LogP contribution < -0.4 is 10.6 Å². The number of nitrogens with zero attached hydrogens (tertiary/aromatic N) is 1. The summed E-state index contributed by atoms with van der Waals surface area (Å²) >= 11 is 4.97. The molecule has 110 valence electrons. The van der Waals surface area contributed by atoms with Crippen molar-refractivity contribution in [2.24, 2.45) is 5.73 Å². The molecule has 0 unspecified atom stereocenters. The fourth-order valence-electron chi connectivity index (χ4n) is 2.33. The van der Waals surface area contributed by atoms with Crippen molar-refractivity contribution in [2.45, 2.75) is 19.3 Å². The maximum Gasteiger partial charge on any atom is 0.103 e. The average molecular weight is 298 g/mol. The number of hydrogen-bond acceptors (Lipinski definition) is 2. The Bertz CT molecular complexity index is 564. The molecule has 0 aliphatic carbocycles. The van der Waals surface area contributed by atoms with Gasteiger partial charge in [0.15, 0.2) is 0 Å². The van der Waals surface area contributed by atoms with Crippen LogP contribution in [0.25, 0.3) is 0 Å². The smallest absolute Gasteiger partial charge is 0.103 e.